The van der Waals surface area contributed by atoms with Gasteiger partial charge in [-0.3, -0.25) is 9.59 Å². The second-order valence-corrected chi connectivity index (χ2v) is 6.30. The quantitative estimate of drug-likeness (QED) is 0.877. The number of hydrogen-bond acceptors (Lipinski definition) is 3. The van der Waals surface area contributed by atoms with Crippen molar-refractivity contribution in [3.05, 3.63) is 53.3 Å². The first-order valence-corrected chi connectivity index (χ1v) is 8.23. The number of carbonyl (C=O) groups excluding carboxylic acids is 2. The minimum atomic E-state index is -0.488. The first kappa shape index (κ1) is 17.2. The predicted octanol–water partition coefficient (Wildman–Crippen LogP) is 3.65. The van der Waals surface area contributed by atoms with Gasteiger partial charge in [-0.2, -0.15) is 0 Å². The van der Waals surface area contributed by atoms with E-state index in [-0.39, 0.29) is 36.5 Å². The lowest BCUT2D eigenvalue weighted by molar-refractivity contribution is -0.118. The van der Waals surface area contributed by atoms with Crippen molar-refractivity contribution in [2.75, 3.05) is 22.1 Å². The highest BCUT2D eigenvalue weighted by Crippen LogP contribution is 2.31. The lowest BCUT2D eigenvalue weighted by Gasteiger charge is -2.28. The molecule has 3 rings (SSSR count). The molecule has 1 aliphatic heterocycles. The summed E-state index contributed by atoms with van der Waals surface area (Å²) in [5, 5.41) is 5.95. The maximum absolute atomic E-state index is 13.8. The number of amides is 2. The Balaban J connectivity index is 1.83. The van der Waals surface area contributed by atoms with E-state index in [1.807, 2.05) is 0 Å². The normalized spacial score (nSPS) is 16.7. The number of carbonyl (C=O) groups is 2. The van der Waals surface area contributed by atoms with Crippen LogP contribution in [0.5, 0.6) is 0 Å². The number of nitrogens with zero attached hydrogens (tertiary/aromatic N) is 1. The average Bonchev–Trinajstić information content (AvgIpc) is 2.69. The van der Waals surface area contributed by atoms with Gasteiger partial charge in [-0.25, -0.2) is 4.39 Å². The summed E-state index contributed by atoms with van der Waals surface area (Å²) in [6.07, 6.45) is 0.186. The molecule has 0 saturated carbocycles. The number of benzene rings is 2. The van der Waals surface area contributed by atoms with Gasteiger partial charge in [-0.05, 0) is 37.3 Å². The smallest absolute Gasteiger partial charge is 0.246 e. The molecule has 1 heterocycles. The summed E-state index contributed by atoms with van der Waals surface area (Å²) in [5.74, 6) is -0.904. The monoisotopic (exact) mass is 361 g/mol. The summed E-state index contributed by atoms with van der Waals surface area (Å²) in [6, 6.07) is 10.9. The van der Waals surface area contributed by atoms with Crippen molar-refractivity contribution in [3.8, 4) is 0 Å². The molecule has 1 atom stereocenters. The van der Waals surface area contributed by atoms with E-state index in [4.69, 9.17) is 11.6 Å². The topological polar surface area (TPSA) is 61.4 Å². The van der Waals surface area contributed by atoms with Crippen LogP contribution >= 0.6 is 11.6 Å². The van der Waals surface area contributed by atoms with E-state index in [9.17, 15) is 14.0 Å². The van der Waals surface area contributed by atoms with E-state index in [2.05, 4.69) is 10.6 Å². The zero-order valence-corrected chi connectivity index (χ0v) is 14.3. The summed E-state index contributed by atoms with van der Waals surface area (Å²) in [6.45, 7) is 1.68. The van der Waals surface area contributed by atoms with Gasteiger partial charge in [-0.1, -0.05) is 23.7 Å². The molecule has 0 aromatic heterocycles. The molecular weight excluding hydrogens is 345 g/mol. The Morgan fingerprint density at radius 3 is 2.92 bits per heavy atom. The highest BCUT2D eigenvalue weighted by Gasteiger charge is 2.29. The van der Waals surface area contributed by atoms with Crippen LogP contribution in [0.3, 0.4) is 0 Å². The fraction of sp³-hybridized carbons (Fsp3) is 0.222. The van der Waals surface area contributed by atoms with Crippen LogP contribution in [0.1, 0.15) is 13.3 Å². The Morgan fingerprint density at radius 2 is 2.12 bits per heavy atom. The maximum atomic E-state index is 13.8. The molecule has 0 spiro atoms. The maximum Gasteiger partial charge on any atom is 0.246 e. The predicted molar refractivity (Wildman–Crippen MR) is 96.5 cm³/mol. The van der Waals surface area contributed by atoms with E-state index < -0.39 is 5.82 Å². The lowest BCUT2D eigenvalue weighted by atomic mass is 10.1. The SMILES string of the molecule is CC1CC(=O)Nc2ccccc2N1C(=O)CNc1cc(Cl)ccc1F. The molecule has 2 N–H and O–H groups in total. The van der Waals surface area contributed by atoms with Crippen LogP contribution in [-0.2, 0) is 9.59 Å². The number of rotatable bonds is 3. The summed E-state index contributed by atoms with van der Waals surface area (Å²) in [7, 11) is 0. The van der Waals surface area contributed by atoms with Gasteiger partial charge in [0.05, 0.1) is 23.6 Å². The van der Waals surface area contributed by atoms with Crippen LogP contribution in [0.25, 0.3) is 0 Å². The van der Waals surface area contributed by atoms with Crippen LogP contribution in [0, 0.1) is 5.82 Å². The van der Waals surface area contributed by atoms with E-state index in [1.165, 1.54) is 18.2 Å². The molecule has 2 aromatic rings. The van der Waals surface area contributed by atoms with Gasteiger partial charge < -0.3 is 15.5 Å². The molecule has 5 nitrogen and oxygen atoms in total. The molecule has 2 amide bonds. The Kier molecular flexibility index (Phi) is 4.90. The minimum Gasteiger partial charge on any atom is -0.374 e. The van der Waals surface area contributed by atoms with E-state index in [1.54, 1.807) is 36.1 Å². The number of halogens is 2. The molecular formula is C18H17ClFN3O2. The summed E-state index contributed by atoms with van der Waals surface area (Å²) >= 11 is 5.86. The van der Waals surface area contributed by atoms with Crippen molar-refractivity contribution in [3.63, 3.8) is 0 Å². The summed E-state index contributed by atoms with van der Waals surface area (Å²) in [4.78, 5) is 26.3. The lowest BCUT2D eigenvalue weighted by Crippen LogP contribution is -2.42. The van der Waals surface area contributed by atoms with Gasteiger partial charge in [-0.15, -0.1) is 0 Å². The van der Waals surface area contributed by atoms with Crippen LogP contribution in [-0.4, -0.2) is 24.4 Å². The van der Waals surface area contributed by atoms with Gasteiger partial charge >= 0.3 is 0 Å². The molecule has 1 unspecified atom stereocenters. The van der Waals surface area contributed by atoms with E-state index >= 15 is 0 Å². The Morgan fingerprint density at radius 1 is 1.36 bits per heavy atom. The minimum absolute atomic E-state index is 0.121. The zero-order valence-electron chi connectivity index (χ0n) is 13.6. The molecule has 0 radical (unpaired) electrons. The van der Waals surface area contributed by atoms with Crippen LogP contribution in [0.15, 0.2) is 42.5 Å². The second-order valence-electron chi connectivity index (χ2n) is 5.86. The Hall–Kier alpha value is -2.60. The van der Waals surface area contributed by atoms with Crippen molar-refractivity contribution < 1.29 is 14.0 Å². The number of fused-ring (bicyclic) bond motifs is 1. The highest BCUT2D eigenvalue weighted by molar-refractivity contribution is 6.30. The van der Waals surface area contributed by atoms with Crippen LogP contribution in [0.2, 0.25) is 5.02 Å². The van der Waals surface area contributed by atoms with Gasteiger partial charge in [0.25, 0.3) is 0 Å². The third-order valence-electron chi connectivity index (χ3n) is 3.99. The zero-order chi connectivity index (χ0) is 18.0. The standard InChI is InChI=1S/C18H17ClFN3O2/c1-11-8-17(24)22-14-4-2-3-5-16(14)23(11)18(25)10-21-15-9-12(19)6-7-13(15)20/h2-7,9,11,21H,8,10H2,1H3,(H,22,24). The van der Waals surface area contributed by atoms with Gasteiger partial charge in [0.2, 0.25) is 11.8 Å². The van der Waals surface area contributed by atoms with E-state index in [0.29, 0.717) is 16.4 Å². The third kappa shape index (κ3) is 3.74. The van der Waals surface area contributed by atoms with Crippen molar-refractivity contribution in [2.45, 2.75) is 19.4 Å². The first-order valence-electron chi connectivity index (χ1n) is 7.85. The molecule has 0 fully saturated rings. The number of nitrogens with one attached hydrogen (secondary N) is 2. The van der Waals surface area contributed by atoms with Crippen molar-refractivity contribution >= 4 is 40.5 Å². The molecule has 1 aliphatic rings. The average molecular weight is 362 g/mol. The number of anilines is 3. The molecule has 25 heavy (non-hydrogen) atoms. The van der Waals surface area contributed by atoms with Crippen LogP contribution in [0.4, 0.5) is 21.5 Å². The highest BCUT2D eigenvalue weighted by atomic mass is 35.5. The number of hydrogen-bond donors (Lipinski definition) is 2. The fourth-order valence-electron chi connectivity index (χ4n) is 2.86. The Bertz CT molecular complexity index is 828. The van der Waals surface area contributed by atoms with E-state index in [0.717, 1.165) is 0 Å². The Labute approximate surface area is 149 Å². The molecule has 0 aliphatic carbocycles. The van der Waals surface area contributed by atoms with Gasteiger partial charge in [0.1, 0.15) is 5.82 Å². The second kappa shape index (κ2) is 7.11. The van der Waals surface area contributed by atoms with Gasteiger partial charge in [0.15, 0.2) is 0 Å². The number of para-hydroxylation sites is 2. The largest absolute Gasteiger partial charge is 0.374 e. The third-order valence-corrected chi connectivity index (χ3v) is 4.22. The van der Waals surface area contributed by atoms with Gasteiger partial charge in [0, 0.05) is 17.5 Å². The molecule has 7 heteroatoms. The summed E-state index contributed by atoms with van der Waals surface area (Å²) < 4.78 is 13.8. The summed E-state index contributed by atoms with van der Waals surface area (Å²) in [5.41, 5.74) is 1.36. The van der Waals surface area contributed by atoms with Crippen molar-refractivity contribution in [1.82, 2.24) is 0 Å². The van der Waals surface area contributed by atoms with Crippen molar-refractivity contribution in [2.24, 2.45) is 0 Å². The van der Waals surface area contributed by atoms with Crippen molar-refractivity contribution in [1.29, 1.82) is 0 Å². The molecule has 0 saturated heterocycles. The molecule has 130 valence electrons. The fourth-order valence-corrected chi connectivity index (χ4v) is 3.03. The first-order chi connectivity index (χ1) is 12.0. The van der Waals surface area contributed by atoms with Crippen LogP contribution < -0.4 is 15.5 Å². The molecule has 0 bridgehead atoms. The molecule has 2 aromatic carbocycles.